The number of guanidine groups is 1. The molecular formula is C19H24IN5O. The second kappa shape index (κ2) is 10.0. The van der Waals surface area contributed by atoms with Crippen molar-refractivity contribution < 1.29 is 4.74 Å². The normalized spacial score (nSPS) is 11.1. The number of methoxy groups -OCH3 is 1. The Kier molecular flexibility index (Phi) is 7.71. The number of fused-ring (bicyclic) bond motifs is 1. The van der Waals surface area contributed by atoms with Crippen LogP contribution in [-0.2, 0) is 13.0 Å². The van der Waals surface area contributed by atoms with Gasteiger partial charge >= 0.3 is 0 Å². The van der Waals surface area contributed by atoms with E-state index in [2.05, 4.69) is 50.0 Å². The van der Waals surface area contributed by atoms with Gasteiger partial charge in [0.25, 0.3) is 0 Å². The van der Waals surface area contributed by atoms with E-state index in [-0.39, 0.29) is 24.0 Å². The molecule has 0 aliphatic carbocycles. The van der Waals surface area contributed by atoms with E-state index in [0.717, 1.165) is 24.6 Å². The first-order chi connectivity index (χ1) is 12.3. The number of aromatic amines is 1. The van der Waals surface area contributed by atoms with Crippen LogP contribution < -0.4 is 15.4 Å². The van der Waals surface area contributed by atoms with Crippen LogP contribution in [0.1, 0.15) is 11.3 Å². The molecule has 3 rings (SSSR count). The van der Waals surface area contributed by atoms with Crippen LogP contribution in [0.3, 0.4) is 0 Å². The predicted molar refractivity (Wildman–Crippen MR) is 116 cm³/mol. The molecule has 1 aromatic carbocycles. The first-order valence-electron chi connectivity index (χ1n) is 8.29. The van der Waals surface area contributed by atoms with Crippen molar-refractivity contribution in [3.63, 3.8) is 0 Å². The Bertz CT molecular complexity index is 862. The Labute approximate surface area is 170 Å². The number of nitrogens with zero attached hydrogens (tertiary/aromatic N) is 2. The highest BCUT2D eigenvalue weighted by atomic mass is 127. The molecule has 0 fully saturated rings. The van der Waals surface area contributed by atoms with Crippen molar-refractivity contribution in [1.29, 1.82) is 0 Å². The van der Waals surface area contributed by atoms with Crippen LogP contribution in [0.5, 0.6) is 5.88 Å². The van der Waals surface area contributed by atoms with Gasteiger partial charge in [-0.1, -0.05) is 24.3 Å². The maximum Gasteiger partial charge on any atom is 0.213 e. The average Bonchev–Trinajstić information content (AvgIpc) is 3.08. The third-order valence-electron chi connectivity index (χ3n) is 4.01. The number of rotatable bonds is 6. The lowest BCUT2D eigenvalue weighted by Gasteiger charge is -2.11. The standard InChI is InChI=1S/C19H23N5O.HI/c1-20-19(23-13-15-6-5-9-18(24-15)25-2)21-11-10-14-12-22-17-8-4-3-7-16(14)17;/h3-9,12,22H,10-11,13H2,1-2H3,(H2,20,21,23);1H. The first kappa shape index (κ1) is 20.0. The molecule has 2 aromatic heterocycles. The topological polar surface area (TPSA) is 74.3 Å². The second-order valence-corrected chi connectivity index (χ2v) is 5.63. The van der Waals surface area contributed by atoms with Gasteiger partial charge in [0.2, 0.25) is 5.88 Å². The van der Waals surface area contributed by atoms with Crippen molar-refractivity contribution >= 4 is 40.8 Å². The molecule has 26 heavy (non-hydrogen) atoms. The number of nitrogens with one attached hydrogen (secondary N) is 3. The zero-order valence-corrected chi connectivity index (χ0v) is 17.3. The summed E-state index contributed by atoms with van der Waals surface area (Å²) in [5.74, 6) is 1.37. The monoisotopic (exact) mass is 465 g/mol. The molecule has 0 bridgehead atoms. The summed E-state index contributed by atoms with van der Waals surface area (Å²) in [6.07, 6.45) is 2.99. The number of pyridine rings is 1. The number of aromatic nitrogens is 2. The van der Waals surface area contributed by atoms with Gasteiger partial charge in [-0.2, -0.15) is 0 Å². The molecular weight excluding hydrogens is 441 g/mol. The predicted octanol–water partition coefficient (Wildman–Crippen LogP) is 3.10. The molecule has 0 amide bonds. The van der Waals surface area contributed by atoms with Crippen LogP contribution in [0.2, 0.25) is 0 Å². The Balaban J connectivity index is 0.00000243. The summed E-state index contributed by atoms with van der Waals surface area (Å²) in [5.41, 5.74) is 3.37. The van der Waals surface area contributed by atoms with Crippen LogP contribution in [0, 0.1) is 0 Å². The van der Waals surface area contributed by atoms with Crippen LogP contribution in [0.4, 0.5) is 0 Å². The van der Waals surface area contributed by atoms with Gasteiger partial charge < -0.3 is 20.4 Å². The quantitative estimate of drug-likeness (QED) is 0.297. The van der Waals surface area contributed by atoms with E-state index in [9.17, 15) is 0 Å². The van der Waals surface area contributed by atoms with Crippen molar-refractivity contribution in [2.75, 3.05) is 20.7 Å². The molecule has 7 heteroatoms. The number of benzene rings is 1. The van der Waals surface area contributed by atoms with E-state index < -0.39 is 0 Å². The van der Waals surface area contributed by atoms with Crippen LogP contribution in [0.25, 0.3) is 10.9 Å². The fraction of sp³-hybridized carbons (Fsp3) is 0.263. The molecule has 0 radical (unpaired) electrons. The number of halogens is 1. The van der Waals surface area contributed by atoms with Crippen LogP contribution in [0.15, 0.2) is 53.7 Å². The van der Waals surface area contributed by atoms with Gasteiger partial charge in [0.1, 0.15) is 0 Å². The molecule has 3 aromatic rings. The maximum atomic E-state index is 5.14. The summed E-state index contributed by atoms with van der Waals surface area (Å²) in [7, 11) is 3.38. The Morgan fingerprint density at radius 2 is 2.00 bits per heavy atom. The van der Waals surface area contributed by atoms with Crippen molar-refractivity contribution in [1.82, 2.24) is 20.6 Å². The van der Waals surface area contributed by atoms with E-state index in [4.69, 9.17) is 4.74 Å². The molecule has 6 nitrogen and oxygen atoms in total. The highest BCUT2D eigenvalue weighted by Gasteiger charge is 2.04. The van der Waals surface area contributed by atoms with E-state index >= 15 is 0 Å². The lowest BCUT2D eigenvalue weighted by atomic mass is 10.1. The minimum atomic E-state index is 0. The summed E-state index contributed by atoms with van der Waals surface area (Å²) < 4.78 is 5.14. The summed E-state index contributed by atoms with van der Waals surface area (Å²) >= 11 is 0. The Hall–Kier alpha value is -2.29. The van der Waals surface area contributed by atoms with Crippen LogP contribution in [-0.4, -0.2) is 36.6 Å². The summed E-state index contributed by atoms with van der Waals surface area (Å²) in [6.45, 7) is 1.39. The zero-order chi connectivity index (χ0) is 17.5. The van der Waals surface area contributed by atoms with Crippen molar-refractivity contribution in [2.24, 2.45) is 4.99 Å². The van der Waals surface area contributed by atoms with Gasteiger partial charge in [0.05, 0.1) is 19.3 Å². The van der Waals surface area contributed by atoms with Gasteiger partial charge in [0.15, 0.2) is 5.96 Å². The molecule has 0 spiro atoms. The van der Waals surface area contributed by atoms with Gasteiger partial charge in [0, 0.05) is 36.8 Å². The molecule has 0 unspecified atom stereocenters. The molecule has 0 atom stereocenters. The third kappa shape index (κ3) is 5.10. The molecule has 0 saturated carbocycles. The van der Waals surface area contributed by atoms with E-state index in [1.807, 2.05) is 24.3 Å². The molecule has 3 N–H and O–H groups in total. The van der Waals surface area contributed by atoms with E-state index in [0.29, 0.717) is 12.4 Å². The third-order valence-corrected chi connectivity index (χ3v) is 4.01. The lowest BCUT2D eigenvalue weighted by Crippen LogP contribution is -2.38. The Morgan fingerprint density at radius 1 is 1.15 bits per heavy atom. The highest BCUT2D eigenvalue weighted by Crippen LogP contribution is 2.17. The summed E-state index contributed by atoms with van der Waals surface area (Å²) in [4.78, 5) is 11.9. The zero-order valence-electron chi connectivity index (χ0n) is 15.0. The van der Waals surface area contributed by atoms with E-state index in [1.54, 1.807) is 14.2 Å². The molecule has 0 aliphatic heterocycles. The molecule has 0 aliphatic rings. The second-order valence-electron chi connectivity index (χ2n) is 5.63. The van der Waals surface area contributed by atoms with Gasteiger partial charge in [-0.05, 0) is 24.1 Å². The summed E-state index contributed by atoms with van der Waals surface area (Å²) in [6, 6.07) is 14.0. The van der Waals surface area contributed by atoms with Gasteiger partial charge in [-0.3, -0.25) is 4.99 Å². The van der Waals surface area contributed by atoms with Crippen molar-refractivity contribution in [3.05, 3.63) is 59.9 Å². The fourth-order valence-corrected chi connectivity index (χ4v) is 2.72. The lowest BCUT2D eigenvalue weighted by molar-refractivity contribution is 0.396. The van der Waals surface area contributed by atoms with Gasteiger partial charge in [-0.15, -0.1) is 24.0 Å². The minimum Gasteiger partial charge on any atom is -0.481 e. The number of hydrogen-bond acceptors (Lipinski definition) is 3. The van der Waals surface area contributed by atoms with E-state index in [1.165, 1.54) is 16.5 Å². The summed E-state index contributed by atoms with van der Waals surface area (Å²) in [5, 5.41) is 7.88. The molecule has 2 heterocycles. The number of hydrogen-bond donors (Lipinski definition) is 3. The number of H-pyrrole nitrogens is 1. The smallest absolute Gasteiger partial charge is 0.213 e. The largest absolute Gasteiger partial charge is 0.481 e. The number of para-hydroxylation sites is 1. The van der Waals surface area contributed by atoms with Crippen molar-refractivity contribution in [2.45, 2.75) is 13.0 Å². The first-order valence-corrected chi connectivity index (χ1v) is 8.29. The minimum absolute atomic E-state index is 0. The highest BCUT2D eigenvalue weighted by molar-refractivity contribution is 14.0. The molecule has 0 saturated heterocycles. The molecule has 138 valence electrons. The van der Waals surface area contributed by atoms with Crippen molar-refractivity contribution in [3.8, 4) is 5.88 Å². The number of aliphatic imine (C=N–C) groups is 1. The SMILES string of the molecule is CN=C(NCCc1c[nH]c2ccccc12)NCc1cccc(OC)n1.I. The van der Waals surface area contributed by atoms with Gasteiger partial charge in [-0.25, -0.2) is 4.98 Å². The average molecular weight is 465 g/mol. The van der Waals surface area contributed by atoms with Crippen LogP contribution >= 0.6 is 24.0 Å². The maximum absolute atomic E-state index is 5.14. The number of ether oxygens (including phenoxy) is 1. The Morgan fingerprint density at radius 3 is 2.81 bits per heavy atom. The fourth-order valence-electron chi connectivity index (χ4n) is 2.72.